The van der Waals surface area contributed by atoms with Crippen LogP contribution in [-0.4, -0.2) is 56.4 Å². The fraction of sp³-hybridized carbons (Fsp3) is 0.364. The predicted molar refractivity (Wildman–Crippen MR) is 128 cm³/mol. The third-order valence-corrected chi connectivity index (χ3v) is 6.62. The zero-order chi connectivity index (χ0) is 22.3. The van der Waals surface area contributed by atoms with Gasteiger partial charge in [-0.25, -0.2) is 4.98 Å². The molecular formula is C22H24N4O3S2. The molecule has 2 atom stereocenters. The van der Waals surface area contributed by atoms with Crippen molar-refractivity contribution >= 4 is 51.7 Å². The number of morpholine rings is 1. The van der Waals surface area contributed by atoms with Crippen molar-refractivity contribution in [2.24, 2.45) is 0 Å². The van der Waals surface area contributed by atoms with Gasteiger partial charge in [-0.05, 0) is 38.5 Å². The Balaban J connectivity index is 1.90. The first-order valence-corrected chi connectivity index (χ1v) is 11.3. The number of thiocarbonyl (C=S) groups is 1. The van der Waals surface area contributed by atoms with Gasteiger partial charge in [-0.3, -0.25) is 18.9 Å². The number of anilines is 1. The van der Waals surface area contributed by atoms with Gasteiger partial charge in [-0.1, -0.05) is 36.1 Å². The summed E-state index contributed by atoms with van der Waals surface area (Å²) >= 11 is 6.54. The van der Waals surface area contributed by atoms with Crippen molar-refractivity contribution in [3.8, 4) is 0 Å². The Morgan fingerprint density at radius 2 is 2.03 bits per heavy atom. The molecule has 2 saturated heterocycles. The molecule has 2 fully saturated rings. The Bertz CT molecular complexity index is 1160. The molecule has 2 aliphatic rings. The average molecular weight is 457 g/mol. The second kappa shape index (κ2) is 8.57. The molecule has 0 unspecified atom stereocenters. The molecule has 0 radical (unpaired) electrons. The summed E-state index contributed by atoms with van der Waals surface area (Å²) in [6, 6.07) is 3.74. The van der Waals surface area contributed by atoms with E-state index in [9.17, 15) is 9.59 Å². The molecule has 2 aromatic rings. The molecule has 0 aromatic carbocycles. The maximum absolute atomic E-state index is 13.5. The average Bonchev–Trinajstić information content (AvgIpc) is 2.97. The van der Waals surface area contributed by atoms with Gasteiger partial charge < -0.3 is 9.64 Å². The molecule has 0 aliphatic carbocycles. The largest absolute Gasteiger partial charge is 0.372 e. The number of ether oxygens (including phenoxy) is 1. The number of nitrogens with zero attached hydrogens (tertiary/aromatic N) is 4. The molecule has 4 rings (SSSR count). The number of rotatable bonds is 4. The summed E-state index contributed by atoms with van der Waals surface area (Å²) < 4.78 is 7.85. The van der Waals surface area contributed by atoms with Crippen LogP contribution in [0.15, 0.2) is 40.7 Å². The molecule has 4 heterocycles. The molecule has 7 nitrogen and oxygen atoms in total. The van der Waals surface area contributed by atoms with Crippen molar-refractivity contribution in [3.63, 3.8) is 0 Å². The van der Waals surface area contributed by atoms with Crippen molar-refractivity contribution in [1.82, 2.24) is 14.3 Å². The molecule has 9 heteroatoms. The lowest BCUT2D eigenvalue weighted by Gasteiger charge is -2.36. The molecule has 2 aromatic heterocycles. The van der Waals surface area contributed by atoms with E-state index in [2.05, 4.69) is 11.5 Å². The van der Waals surface area contributed by atoms with Gasteiger partial charge in [-0.2, -0.15) is 0 Å². The molecule has 0 N–H and O–H groups in total. The van der Waals surface area contributed by atoms with E-state index < -0.39 is 0 Å². The van der Waals surface area contributed by atoms with Crippen LogP contribution in [0.25, 0.3) is 11.7 Å². The van der Waals surface area contributed by atoms with E-state index in [-0.39, 0.29) is 23.7 Å². The lowest BCUT2D eigenvalue weighted by atomic mass is 10.1. The van der Waals surface area contributed by atoms with Gasteiger partial charge in [0.05, 0.1) is 22.7 Å². The Labute approximate surface area is 190 Å². The second-order valence-corrected chi connectivity index (χ2v) is 9.46. The summed E-state index contributed by atoms with van der Waals surface area (Å²) in [5, 5.41) is 0. The minimum atomic E-state index is -0.224. The van der Waals surface area contributed by atoms with Gasteiger partial charge in [0.1, 0.15) is 15.8 Å². The first-order chi connectivity index (χ1) is 14.8. The fourth-order valence-electron chi connectivity index (χ4n) is 3.94. The van der Waals surface area contributed by atoms with Crippen molar-refractivity contribution < 1.29 is 9.53 Å². The number of amides is 1. The van der Waals surface area contributed by atoms with E-state index in [1.807, 2.05) is 32.9 Å². The normalized spacial score (nSPS) is 23.3. The van der Waals surface area contributed by atoms with E-state index in [0.717, 1.165) is 5.56 Å². The second-order valence-electron chi connectivity index (χ2n) is 7.78. The van der Waals surface area contributed by atoms with Crippen molar-refractivity contribution in [2.45, 2.75) is 33.0 Å². The third-order valence-electron chi connectivity index (χ3n) is 5.24. The Morgan fingerprint density at radius 1 is 1.32 bits per heavy atom. The monoisotopic (exact) mass is 456 g/mol. The lowest BCUT2D eigenvalue weighted by Crippen LogP contribution is -2.46. The van der Waals surface area contributed by atoms with Crippen LogP contribution in [0.3, 0.4) is 0 Å². The molecular weight excluding hydrogens is 432 g/mol. The number of pyridine rings is 1. The minimum absolute atomic E-state index is 0.000441. The smallest absolute Gasteiger partial charge is 0.267 e. The summed E-state index contributed by atoms with van der Waals surface area (Å²) in [5.74, 6) is 0.341. The van der Waals surface area contributed by atoms with Crippen LogP contribution in [0.2, 0.25) is 0 Å². The summed E-state index contributed by atoms with van der Waals surface area (Å²) in [4.78, 5) is 35.2. The number of carbonyl (C=O) groups is 1. The van der Waals surface area contributed by atoms with Gasteiger partial charge in [0.15, 0.2) is 0 Å². The lowest BCUT2D eigenvalue weighted by molar-refractivity contribution is -0.121. The molecule has 162 valence electrons. The summed E-state index contributed by atoms with van der Waals surface area (Å²) in [6.07, 6.45) is 4.96. The van der Waals surface area contributed by atoms with E-state index >= 15 is 0 Å². The van der Waals surface area contributed by atoms with Crippen LogP contribution in [0.5, 0.6) is 0 Å². The standard InChI is InChI=1S/C22H24N4O3S2/c1-5-8-26-21(28)17(31-22(26)30)10-16-19(24-11-14(3)29-15(4)12-24)23-18-13(2)7-6-9-25(18)20(16)27/h5-7,9-10,14-15H,1,8,11-12H2,2-4H3/b17-10-/t14-,15-/m0/s1. The molecule has 2 aliphatic heterocycles. The van der Waals surface area contributed by atoms with Gasteiger partial charge in [0.25, 0.3) is 11.5 Å². The minimum Gasteiger partial charge on any atom is -0.372 e. The highest BCUT2D eigenvalue weighted by Gasteiger charge is 2.33. The third kappa shape index (κ3) is 4.05. The first-order valence-electron chi connectivity index (χ1n) is 10.1. The van der Waals surface area contributed by atoms with Crippen LogP contribution >= 0.6 is 24.0 Å². The summed E-state index contributed by atoms with van der Waals surface area (Å²) in [5.41, 5.74) is 1.66. The van der Waals surface area contributed by atoms with E-state index in [4.69, 9.17) is 21.9 Å². The topological polar surface area (TPSA) is 67.2 Å². The number of carbonyl (C=O) groups excluding carboxylic acids is 1. The zero-order valence-corrected chi connectivity index (χ0v) is 19.3. The number of aryl methyl sites for hydroxylation is 1. The molecule has 0 spiro atoms. The van der Waals surface area contributed by atoms with Crippen molar-refractivity contribution in [1.29, 1.82) is 0 Å². The molecule has 0 saturated carbocycles. The number of fused-ring (bicyclic) bond motifs is 1. The van der Waals surface area contributed by atoms with E-state index in [1.165, 1.54) is 21.1 Å². The summed E-state index contributed by atoms with van der Waals surface area (Å²) in [6.45, 7) is 11.2. The highest BCUT2D eigenvalue weighted by molar-refractivity contribution is 8.26. The Hall–Kier alpha value is -2.49. The summed E-state index contributed by atoms with van der Waals surface area (Å²) in [7, 11) is 0. The molecule has 31 heavy (non-hydrogen) atoms. The van der Waals surface area contributed by atoms with Gasteiger partial charge in [0, 0.05) is 25.8 Å². The van der Waals surface area contributed by atoms with Crippen LogP contribution < -0.4 is 10.5 Å². The highest BCUT2D eigenvalue weighted by atomic mass is 32.2. The predicted octanol–water partition coefficient (Wildman–Crippen LogP) is 3.00. The SMILES string of the molecule is C=CCN1C(=O)/C(=C/c2c(N3C[C@H](C)O[C@@H](C)C3)nc3c(C)cccn3c2=O)SC1=S. The van der Waals surface area contributed by atoms with Crippen LogP contribution in [0.1, 0.15) is 25.0 Å². The van der Waals surface area contributed by atoms with Gasteiger partial charge >= 0.3 is 0 Å². The van der Waals surface area contributed by atoms with Crippen LogP contribution in [0.4, 0.5) is 5.82 Å². The number of aromatic nitrogens is 2. The molecule has 1 amide bonds. The maximum atomic E-state index is 13.5. The van der Waals surface area contributed by atoms with E-state index in [1.54, 1.807) is 18.3 Å². The number of hydrogen-bond donors (Lipinski definition) is 0. The number of hydrogen-bond acceptors (Lipinski definition) is 7. The van der Waals surface area contributed by atoms with Crippen LogP contribution in [-0.2, 0) is 9.53 Å². The quantitative estimate of drug-likeness (QED) is 0.398. The first kappa shape index (κ1) is 21.7. The van der Waals surface area contributed by atoms with Crippen molar-refractivity contribution in [3.05, 3.63) is 57.4 Å². The molecule has 0 bridgehead atoms. The van der Waals surface area contributed by atoms with Gasteiger partial charge in [-0.15, -0.1) is 6.58 Å². The van der Waals surface area contributed by atoms with E-state index in [0.29, 0.717) is 45.9 Å². The zero-order valence-electron chi connectivity index (χ0n) is 17.7. The Kier molecular flexibility index (Phi) is 6.00. The van der Waals surface area contributed by atoms with Gasteiger partial charge in [0.2, 0.25) is 0 Å². The Morgan fingerprint density at radius 3 is 2.71 bits per heavy atom. The van der Waals surface area contributed by atoms with Crippen LogP contribution in [0, 0.1) is 6.92 Å². The highest BCUT2D eigenvalue weighted by Crippen LogP contribution is 2.34. The van der Waals surface area contributed by atoms with Crippen molar-refractivity contribution in [2.75, 3.05) is 24.5 Å². The fourth-order valence-corrected chi connectivity index (χ4v) is 5.19. The maximum Gasteiger partial charge on any atom is 0.267 e. The number of thioether (sulfide) groups is 1.